The number of amides is 2. The Bertz CT molecular complexity index is 681. The van der Waals surface area contributed by atoms with Gasteiger partial charge in [0.25, 0.3) is 0 Å². The Hall–Kier alpha value is -2.45. The van der Waals surface area contributed by atoms with Crippen LogP contribution in [-0.2, 0) is 14.4 Å². The first-order chi connectivity index (χ1) is 13.1. The van der Waals surface area contributed by atoms with E-state index in [1.54, 1.807) is 31.2 Å². The summed E-state index contributed by atoms with van der Waals surface area (Å²) in [5.74, 6) is -3.42. The Balaban J connectivity index is 3.34. The van der Waals surface area contributed by atoms with Gasteiger partial charge < -0.3 is 15.2 Å². The van der Waals surface area contributed by atoms with Gasteiger partial charge in [-0.3, -0.25) is 19.6 Å². The molecular formula is C20H30N2O6. The minimum absolute atomic E-state index is 0.138. The molecule has 0 spiro atoms. The second-order valence-corrected chi connectivity index (χ2v) is 7.64. The molecule has 3 atom stereocenters. The lowest BCUT2D eigenvalue weighted by molar-refractivity contribution is -0.140. The molecule has 4 N–H and O–H groups in total. The fourth-order valence-corrected chi connectivity index (χ4v) is 3.02. The summed E-state index contributed by atoms with van der Waals surface area (Å²) in [4.78, 5) is 37.6. The number of ketones is 1. The lowest BCUT2D eigenvalue weighted by atomic mass is 9.81. The van der Waals surface area contributed by atoms with E-state index in [0.717, 1.165) is 0 Å². The van der Waals surface area contributed by atoms with Crippen LogP contribution >= 0.6 is 0 Å². The van der Waals surface area contributed by atoms with Gasteiger partial charge >= 0.3 is 0 Å². The molecule has 8 heteroatoms. The van der Waals surface area contributed by atoms with E-state index in [4.69, 9.17) is 9.94 Å². The van der Waals surface area contributed by atoms with Crippen molar-refractivity contribution in [1.82, 2.24) is 10.8 Å². The Morgan fingerprint density at radius 3 is 2.07 bits per heavy atom. The zero-order valence-electron chi connectivity index (χ0n) is 17.0. The van der Waals surface area contributed by atoms with Gasteiger partial charge in [-0.05, 0) is 23.1 Å². The molecule has 0 aliphatic heterocycles. The predicted octanol–water partition coefficient (Wildman–Crippen LogP) is 1.40. The van der Waals surface area contributed by atoms with Crippen molar-refractivity contribution in [1.29, 1.82) is 0 Å². The third-order valence-corrected chi connectivity index (χ3v) is 4.63. The average Bonchev–Trinajstić information content (AvgIpc) is 2.68. The fourth-order valence-electron chi connectivity index (χ4n) is 3.02. The van der Waals surface area contributed by atoms with E-state index in [0.29, 0.717) is 11.3 Å². The Kier molecular flexibility index (Phi) is 8.59. The SMILES string of the molecule is CCC(=O)[C@@H](NC(=O)[C@H](c1ccc(OC)cc1)[C@H](CO)C(=O)NO)C(C)(C)C. The first-order valence-electron chi connectivity index (χ1n) is 9.12. The van der Waals surface area contributed by atoms with Gasteiger partial charge in [-0.15, -0.1) is 0 Å². The number of hydroxylamine groups is 1. The normalized spacial score (nSPS) is 14.5. The third-order valence-electron chi connectivity index (χ3n) is 4.63. The first kappa shape index (κ1) is 23.6. The summed E-state index contributed by atoms with van der Waals surface area (Å²) in [5.41, 5.74) is 1.39. The zero-order valence-corrected chi connectivity index (χ0v) is 17.0. The summed E-state index contributed by atoms with van der Waals surface area (Å²) in [6.45, 7) is 6.54. The zero-order chi connectivity index (χ0) is 21.5. The van der Waals surface area contributed by atoms with Crippen molar-refractivity contribution in [3.05, 3.63) is 29.8 Å². The summed E-state index contributed by atoms with van der Waals surface area (Å²) < 4.78 is 5.11. The maximum absolute atomic E-state index is 13.1. The predicted molar refractivity (Wildman–Crippen MR) is 103 cm³/mol. The van der Waals surface area contributed by atoms with Crippen molar-refractivity contribution in [2.24, 2.45) is 11.3 Å². The molecule has 8 nitrogen and oxygen atoms in total. The molecule has 156 valence electrons. The molecular weight excluding hydrogens is 364 g/mol. The number of methoxy groups -OCH3 is 1. The van der Waals surface area contributed by atoms with Crippen LogP contribution in [0.1, 0.15) is 45.6 Å². The highest BCUT2D eigenvalue weighted by Gasteiger charge is 2.38. The smallest absolute Gasteiger partial charge is 0.249 e. The maximum atomic E-state index is 13.1. The van der Waals surface area contributed by atoms with Gasteiger partial charge in [0.15, 0.2) is 5.78 Å². The van der Waals surface area contributed by atoms with E-state index in [-0.39, 0.29) is 12.2 Å². The maximum Gasteiger partial charge on any atom is 0.249 e. The molecule has 0 aromatic heterocycles. The largest absolute Gasteiger partial charge is 0.497 e. The van der Waals surface area contributed by atoms with Crippen LogP contribution in [0, 0.1) is 11.3 Å². The fraction of sp³-hybridized carbons (Fsp3) is 0.550. The first-order valence-corrected chi connectivity index (χ1v) is 9.12. The lowest BCUT2D eigenvalue weighted by Gasteiger charge is -2.33. The van der Waals surface area contributed by atoms with Crippen molar-refractivity contribution >= 4 is 17.6 Å². The van der Waals surface area contributed by atoms with Gasteiger partial charge in [0.05, 0.1) is 31.6 Å². The number of benzene rings is 1. The Morgan fingerprint density at radius 2 is 1.68 bits per heavy atom. The van der Waals surface area contributed by atoms with Crippen molar-refractivity contribution in [3.8, 4) is 5.75 Å². The van der Waals surface area contributed by atoms with Crippen LogP contribution in [0.25, 0.3) is 0 Å². The number of carbonyl (C=O) groups is 3. The second-order valence-electron chi connectivity index (χ2n) is 7.64. The molecule has 0 aliphatic carbocycles. The highest BCUT2D eigenvalue weighted by Crippen LogP contribution is 2.29. The molecule has 1 aromatic carbocycles. The Morgan fingerprint density at radius 1 is 1.11 bits per heavy atom. The third kappa shape index (κ3) is 5.77. The van der Waals surface area contributed by atoms with Gasteiger partial charge in [0.1, 0.15) is 5.75 Å². The van der Waals surface area contributed by atoms with E-state index < -0.39 is 41.7 Å². The molecule has 28 heavy (non-hydrogen) atoms. The molecule has 0 unspecified atom stereocenters. The van der Waals surface area contributed by atoms with Crippen molar-refractivity contribution < 1.29 is 29.4 Å². The molecule has 0 heterocycles. The van der Waals surface area contributed by atoms with Crippen LogP contribution in [-0.4, -0.2) is 47.7 Å². The van der Waals surface area contributed by atoms with Crippen molar-refractivity contribution in [2.45, 2.75) is 46.1 Å². The molecule has 0 bridgehead atoms. The van der Waals surface area contributed by atoms with E-state index in [1.807, 2.05) is 20.8 Å². The van der Waals surface area contributed by atoms with Crippen LogP contribution in [0.2, 0.25) is 0 Å². The van der Waals surface area contributed by atoms with Crippen molar-refractivity contribution in [3.63, 3.8) is 0 Å². The van der Waals surface area contributed by atoms with Crippen molar-refractivity contribution in [2.75, 3.05) is 13.7 Å². The van der Waals surface area contributed by atoms with Crippen LogP contribution in [0.4, 0.5) is 0 Å². The number of aliphatic hydroxyl groups is 1. The standard InChI is InChI=1S/C20H30N2O6/c1-6-15(24)17(20(2,3)4)21-19(26)16(14(11-23)18(25)22-27)12-7-9-13(28-5)10-8-12/h7-10,14,16-17,23,27H,6,11H2,1-5H3,(H,21,26)(H,22,25)/t14-,16+,17+/m0/s1. The molecule has 1 rings (SSSR count). The minimum atomic E-state index is -1.24. The van der Waals surface area contributed by atoms with Gasteiger partial charge in [-0.2, -0.15) is 0 Å². The van der Waals surface area contributed by atoms with E-state index in [2.05, 4.69) is 5.32 Å². The number of rotatable bonds is 9. The summed E-state index contributed by atoms with van der Waals surface area (Å²) in [6, 6.07) is 5.69. The molecule has 2 amide bonds. The van der Waals surface area contributed by atoms with Gasteiger partial charge in [0.2, 0.25) is 11.8 Å². The summed E-state index contributed by atoms with van der Waals surface area (Å²) in [6.07, 6.45) is 0.246. The van der Waals surface area contributed by atoms with Crippen LogP contribution < -0.4 is 15.5 Å². The number of hydrogen-bond acceptors (Lipinski definition) is 6. The molecule has 0 saturated heterocycles. The quantitative estimate of drug-likeness (QED) is 0.371. The monoisotopic (exact) mass is 394 g/mol. The highest BCUT2D eigenvalue weighted by atomic mass is 16.5. The molecule has 0 radical (unpaired) electrons. The van der Waals surface area contributed by atoms with Gasteiger partial charge in [-0.25, -0.2) is 5.48 Å². The van der Waals surface area contributed by atoms with Crippen LogP contribution in [0.3, 0.4) is 0 Å². The molecule has 0 aliphatic rings. The number of Topliss-reactive ketones (excluding diaryl/α,β-unsaturated/α-hetero) is 1. The molecule has 0 fully saturated rings. The minimum Gasteiger partial charge on any atom is -0.497 e. The second kappa shape index (κ2) is 10.2. The summed E-state index contributed by atoms with van der Waals surface area (Å²) in [7, 11) is 1.50. The average molecular weight is 394 g/mol. The summed E-state index contributed by atoms with van der Waals surface area (Å²) >= 11 is 0. The number of hydrogen-bond donors (Lipinski definition) is 4. The lowest BCUT2D eigenvalue weighted by Crippen LogP contribution is -2.52. The molecule has 1 aromatic rings. The Labute approximate surface area is 165 Å². The number of carbonyl (C=O) groups excluding carboxylic acids is 3. The van der Waals surface area contributed by atoms with E-state index >= 15 is 0 Å². The van der Waals surface area contributed by atoms with Crippen LogP contribution in [0.15, 0.2) is 24.3 Å². The number of aliphatic hydroxyl groups excluding tert-OH is 1. The van der Waals surface area contributed by atoms with E-state index in [1.165, 1.54) is 12.6 Å². The van der Waals surface area contributed by atoms with Gasteiger partial charge in [-0.1, -0.05) is 39.8 Å². The van der Waals surface area contributed by atoms with Crippen LogP contribution in [0.5, 0.6) is 5.75 Å². The number of ether oxygens (including phenoxy) is 1. The van der Waals surface area contributed by atoms with Gasteiger partial charge in [0, 0.05) is 6.42 Å². The topological polar surface area (TPSA) is 125 Å². The molecule has 0 saturated carbocycles. The highest BCUT2D eigenvalue weighted by molar-refractivity contribution is 5.95. The number of nitrogens with one attached hydrogen (secondary N) is 2. The summed E-state index contributed by atoms with van der Waals surface area (Å²) in [5, 5.41) is 21.5. The van der Waals surface area contributed by atoms with E-state index in [9.17, 15) is 19.5 Å².